The number of Topliss-reactive ketones (excluding diaryl/α,β-unsaturated/α-hetero) is 1. The summed E-state index contributed by atoms with van der Waals surface area (Å²) in [5, 5.41) is 17.9. The third kappa shape index (κ3) is 1.62. The van der Waals surface area contributed by atoms with Crippen molar-refractivity contribution in [2.24, 2.45) is 0 Å². The van der Waals surface area contributed by atoms with Crippen molar-refractivity contribution >= 4 is 5.78 Å². The second-order valence-electron chi connectivity index (χ2n) is 2.57. The van der Waals surface area contributed by atoms with E-state index in [1.165, 1.54) is 19.1 Å². The van der Waals surface area contributed by atoms with Gasteiger partial charge in [-0.2, -0.15) is 0 Å². The van der Waals surface area contributed by atoms with Crippen LogP contribution in [-0.4, -0.2) is 16.0 Å². The molecule has 0 amide bonds. The summed E-state index contributed by atoms with van der Waals surface area (Å²) in [6.45, 7) is 1.25. The van der Waals surface area contributed by atoms with E-state index < -0.39 is 0 Å². The first-order valence-corrected chi connectivity index (χ1v) is 3.59. The lowest BCUT2D eigenvalue weighted by atomic mass is 10.1. The number of ketones is 1. The minimum absolute atomic E-state index is 0.0419. The SMILES string of the molecule is CC(=O)c1cc(CO)ccc1O. The summed E-state index contributed by atoms with van der Waals surface area (Å²) in [4.78, 5) is 10.9. The summed E-state index contributed by atoms with van der Waals surface area (Å²) >= 11 is 0. The molecule has 1 aromatic rings. The number of phenols is 1. The molecule has 0 heterocycles. The molecule has 1 aromatic carbocycles. The van der Waals surface area contributed by atoms with Crippen LogP contribution in [0, 0.1) is 0 Å². The van der Waals surface area contributed by atoms with Crippen LogP contribution >= 0.6 is 0 Å². The van der Waals surface area contributed by atoms with Gasteiger partial charge < -0.3 is 10.2 Å². The molecule has 0 saturated carbocycles. The predicted molar refractivity (Wildman–Crippen MR) is 44.0 cm³/mol. The molecule has 0 aromatic heterocycles. The van der Waals surface area contributed by atoms with Crippen molar-refractivity contribution in [1.29, 1.82) is 0 Å². The Hall–Kier alpha value is -1.35. The Labute approximate surface area is 70.3 Å². The van der Waals surface area contributed by atoms with Crippen LogP contribution in [0.3, 0.4) is 0 Å². The lowest BCUT2D eigenvalue weighted by Gasteiger charge is -2.01. The number of phenolic OH excluding ortho intramolecular Hbond substituents is 1. The number of hydrogen-bond donors (Lipinski definition) is 2. The quantitative estimate of drug-likeness (QED) is 0.646. The molecule has 12 heavy (non-hydrogen) atoms. The monoisotopic (exact) mass is 166 g/mol. The van der Waals surface area contributed by atoms with E-state index in [-0.39, 0.29) is 23.7 Å². The van der Waals surface area contributed by atoms with E-state index in [1.54, 1.807) is 6.07 Å². The highest BCUT2D eigenvalue weighted by molar-refractivity contribution is 5.96. The maximum Gasteiger partial charge on any atom is 0.163 e. The number of carbonyl (C=O) groups is 1. The van der Waals surface area contributed by atoms with E-state index in [1.807, 2.05) is 0 Å². The summed E-state index contributed by atoms with van der Waals surface area (Å²) in [5.41, 5.74) is 0.875. The largest absolute Gasteiger partial charge is 0.507 e. The molecule has 0 aliphatic heterocycles. The van der Waals surface area contributed by atoms with Gasteiger partial charge in [-0.25, -0.2) is 0 Å². The van der Waals surface area contributed by atoms with Crippen LogP contribution < -0.4 is 0 Å². The van der Waals surface area contributed by atoms with E-state index in [4.69, 9.17) is 5.11 Å². The molecule has 0 spiro atoms. The molecule has 0 aliphatic carbocycles. The van der Waals surface area contributed by atoms with Crippen LogP contribution in [0.1, 0.15) is 22.8 Å². The summed E-state index contributed by atoms with van der Waals surface area (Å²) in [6.07, 6.45) is 0. The fraction of sp³-hybridized carbons (Fsp3) is 0.222. The number of aliphatic hydroxyl groups is 1. The number of aromatic hydroxyl groups is 1. The molecular formula is C9H10O3. The first-order valence-electron chi connectivity index (χ1n) is 3.59. The van der Waals surface area contributed by atoms with Gasteiger partial charge in [-0.3, -0.25) is 4.79 Å². The number of carbonyl (C=O) groups excluding carboxylic acids is 1. The highest BCUT2D eigenvalue weighted by Crippen LogP contribution is 2.18. The molecule has 0 bridgehead atoms. The zero-order valence-corrected chi connectivity index (χ0v) is 6.74. The summed E-state index contributed by atoms with van der Waals surface area (Å²) in [6, 6.07) is 4.46. The Morgan fingerprint density at radius 2 is 2.17 bits per heavy atom. The van der Waals surface area contributed by atoms with E-state index in [9.17, 15) is 9.90 Å². The minimum Gasteiger partial charge on any atom is -0.507 e. The molecule has 2 N–H and O–H groups in total. The zero-order valence-electron chi connectivity index (χ0n) is 6.74. The molecule has 0 radical (unpaired) electrons. The summed E-state index contributed by atoms with van der Waals surface area (Å²) in [5.74, 6) is -0.248. The third-order valence-electron chi connectivity index (χ3n) is 1.62. The van der Waals surface area contributed by atoms with Gasteiger partial charge in [0.25, 0.3) is 0 Å². The number of benzene rings is 1. The molecule has 0 saturated heterocycles. The minimum atomic E-state index is -0.206. The van der Waals surface area contributed by atoms with Crippen molar-refractivity contribution in [3.63, 3.8) is 0 Å². The molecule has 1 rings (SSSR count). The van der Waals surface area contributed by atoms with Crippen molar-refractivity contribution in [3.8, 4) is 5.75 Å². The van der Waals surface area contributed by atoms with Crippen molar-refractivity contribution in [2.45, 2.75) is 13.5 Å². The van der Waals surface area contributed by atoms with Crippen LogP contribution in [0.2, 0.25) is 0 Å². The van der Waals surface area contributed by atoms with E-state index in [0.29, 0.717) is 5.56 Å². The maximum atomic E-state index is 10.9. The maximum absolute atomic E-state index is 10.9. The van der Waals surface area contributed by atoms with Crippen molar-refractivity contribution in [1.82, 2.24) is 0 Å². The Bertz CT molecular complexity index is 305. The Morgan fingerprint density at radius 1 is 1.50 bits per heavy atom. The molecule has 3 nitrogen and oxygen atoms in total. The topological polar surface area (TPSA) is 57.5 Å². The molecule has 0 atom stereocenters. The van der Waals surface area contributed by atoms with Crippen LogP contribution in [0.4, 0.5) is 0 Å². The molecule has 64 valence electrons. The average molecular weight is 166 g/mol. The highest BCUT2D eigenvalue weighted by Gasteiger charge is 2.06. The molecular weight excluding hydrogens is 156 g/mol. The van der Waals surface area contributed by atoms with Crippen LogP contribution in [0.15, 0.2) is 18.2 Å². The molecule has 0 fully saturated rings. The van der Waals surface area contributed by atoms with Gasteiger partial charge in [0.05, 0.1) is 12.2 Å². The second kappa shape index (κ2) is 3.36. The lowest BCUT2D eigenvalue weighted by molar-refractivity contribution is 0.101. The van der Waals surface area contributed by atoms with Gasteiger partial charge in [0.15, 0.2) is 5.78 Å². The molecule has 0 unspecified atom stereocenters. The Balaban J connectivity index is 3.17. The van der Waals surface area contributed by atoms with Gasteiger partial charge in [-0.1, -0.05) is 6.07 Å². The van der Waals surface area contributed by atoms with Gasteiger partial charge in [-0.15, -0.1) is 0 Å². The smallest absolute Gasteiger partial charge is 0.163 e. The van der Waals surface area contributed by atoms with E-state index in [2.05, 4.69) is 0 Å². The van der Waals surface area contributed by atoms with Gasteiger partial charge in [0.2, 0.25) is 0 Å². The Morgan fingerprint density at radius 3 is 2.67 bits per heavy atom. The van der Waals surface area contributed by atoms with E-state index >= 15 is 0 Å². The van der Waals surface area contributed by atoms with Gasteiger partial charge >= 0.3 is 0 Å². The Kier molecular flexibility index (Phi) is 2.45. The number of aliphatic hydroxyl groups excluding tert-OH is 1. The van der Waals surface area contributed by atoms with Gasteiger partial charge in [0.1, 0.15) is 5.75 Å². The van der Waals surface area contributed by atoms with Crippen LogP contribution in [0.5, 0.6) is 5.75 Å². The van der Waals surface area contributed by atoms with E-state index in [0.717, 1.165) is 0 Å². The standard InChI is InChI=1S/C9H10O3/c1-6(11)8-4-7(5-10)2-3-9(8)12/h2-4,10,12H,5H2,1H3. The van der Waals surface area contributed by atoms with Crippen molar-refractivity contribution in [3.05, 3.63) is 29.3 Å². The average Bonchev–Trinajstić information content (AvgIpc) is 2.05. The number of rotatable bonds is 2. The predicted octanol–water partition coefficient (Wildman–Crippen LogP) is 1.09. The third-order valence-corrected chi connectivity index (χ3v) is 1.62. The first-order chi connectivity index (χ1) is 5.65. The van der Waals surface area contributed by atoms with Crippen molar-refractivity contribution in [2.75, 3.05) is 0 Å². The molecule has 3 heteroatoms. The fourth-order valence-electron chi connectivity index (χ4n) is 0.964. The van der Waals surface area contributed by atoms with Crippen molar-refractivity contribution < 1.29 is 15.0 Å². The molecule has 0 aliphatic rings. The van der Waals surface area contributed by atoms with Crippen LogP contribution in [-0.2, 0) is 6.61 Å². The van der Waals surface area contributed by atoms with Gasteiger partial charge in [-0.05, 0) is 24.6 Å². The lowest BCUT2D eigenvalue weighted by Crippen LogP contribution is -1.94. The normalized spacial score (nSPS) is 9.83. The summed E-state index contributed by atoms with van der Waals surface area (Å²) in [7, 11) is 0. The first kappa shape index (κ1) is 8.74. The zero-order chi connectivity index (χ0) is 9.14. The van der Waals surface area contributed by atoms with Gasteiger partial charge in [0, 0.05) is 0 Å². The summed E-state index contributed by atoms with van der Waals surface area (Å²) < 4.78 is 0. The highest BCUT2D eigenvalue weighted by atomic mass is 16.3. The van der Waals surface area contributed by atoms with Crippen LogP contribution in [0.25, 0.3) is 0 Å². The second-order valence-corrected chi connectivity index (χ2v) is 2.57. The number of hydrogen-bond acceptors (Lipinski definition) is 3. The fourth-order valence-corrected chi connectivity index (χ4v) is 0.964.